The summed E-state index contributed by atoms with van der Waals surface area (Å²) in [5.74, 6) is 0. The van der Waals surface area contributed by atoms with Gasteiger partial charge in [0.15, 0.2) is 11.4 Å². The van der Waals surface area contributed by atoms with Gasteiger partial charge in [0.1, 0.15) is 12.1 Å². The summed E-state index contributed by atoms with van der Waals surface area (Å²) >= 11 is 0. The molecule has 0 spiro atoms. The van der Waals surface area contributed by atoms with Crippen LogP contribution in [0.3, 0.4) is 0 Å². The van der Waals surface area contributed by atoms with Crippen LogP contribution in [0.4, 0.5) is 0 Å². The van der Waals surface area contributed by atoms with E-state index in [1.807, 2.05) is 64.1 Å². The molecule has 0 fully saturated rings. The molecular formula is C19H20N4O2. The van der Waals surface area contributed by atoms with Crippen LogP contribution in [0.25, 0.3) is 0 Å². The number of benzene rings is 1. The number of aromatic nitrogens is 2. The molecule has 0 saturated carbocycles. The van der Waals surface area contributed by atoms with Crippen molar-refractivity contribution in [1.82, 2.24) is 9.13 Å². The second kappa shape index (κ2) is 6.78. The van der Waals surface area contributed by atoms with E-state index >= 15 is 0 Å². The lowest BCUT2D eigenvalue weighted by atomic mass is 9.96. The molecule has 0 amide bonds. The molecule has 0 aliphatic heterocycles. The Bertz CT molecular complexity index is 991. The Labute approximate surface area is 146 Å². The van der Waals surface area contributed by atoms with Crippen molar-refractivity contribution in [3.05, 3.63) is 67.5 Å². The van der Waals surface area contributed by atoms with Crippen molar-refractivity contribution in [2.24, 2.45) is 5.41 Å². The predicted molar refractivity (Wildman–Crippen MR) is 94.1 cm³/mol. The van der Waals surface area contributed by atoms with Gasteiger partial charge in [-0.2, -0.15) is 10.5 Å². The quantitative estimate of drug-likeness (QED) is 0.803. The lowest BCUT2D eigenvalue weighted by Gasteiger charge is -2.22. The molecule has 1 aromatic carbocycles. The van der Waals surface area contributed by atoms with Gasteiger partial charge in [-0.3, -0.25) is 18.7 Å². The molecule has 0 radical (unpaired) electrons. The molecule has 0 saturated heterocycles. The van der Waals surface area contributed by atoms with Crippen LogP contribution in [0.5, 0.6) is 0 Å². The largest absolute Gasteiger partial charge is 0.317 e. The summed E-state index contributed by atoms with van der Waals surface area (Å²) in [4.78, 5) is 25.1. The maximum Gasteiger partial charge on any atom is 0.317 e. The number of rotatable bonds is 3. The summed E-state index contributed by atoms with van der Waals surface area (Å²) < 4.78 is 2.21. The molecule has 1 heterocycles. The lowest BCUT2D eigenvalue weighted by Crippen LogP contribution is -2.45. The summed E-state index contributed by atoms with van der Waals surface area (Å²) in [6.07, 6.45) is 0. The zero-order chi connectivity index (χ0) is 18.8. The van der Waals surface area contributed by atoms with E-state index in [9.17, 15) is 20.1 Å². The van der Waals surface area contributed by atoms with Gasteiger partial charge in [-0.25, -0.2) is 0 Å². The Hall–Kier alpha value is -3.12. The number of hydrogen-bond donors (Lipinski definition) is 0. The fraction of sp³-hybridized carbons (Fsp3) is 0.368. The molecule has 128 valence electrons. The molecular weight excluding hydrogens is 316 g/mol. The highest BCUT2D eigenvalue weighted by Crippen LogP contribution is 2.17. The molecule has 1 aromatic heterocycles. The minimum absolute atomic E-state index is 0.0717. The van der Waals surface area contributed by atoms with Crippen molar-refractivity contribution >= 4 is 0 Å². The number of nitrogens with zero attached hydrogens (tertiary/aromatic N) is 4. The zero-order valence-corrected chi connectivity index (χ0v) is 14.8. The van der Waals surface area contributed by atoms with E-state index in [0.29, 0.717) is 0 Å². The molecule has 0 atom stereocenters. The van der Waals surface area contributed by atoms with E-state index < -0.39 is 11.1 Å². The fourth-order valence-electron chi connectivity index (χ4n) is 2.57. The minimum Gasteiger partial charge on any atom is -0.292 e. The number of hydrogen-bond acceptors (Lipinski definition) is 4. The molecule has 0 aliphatic carbocycles. The Morgan fingerprint density at radius 3 is 1.88 bits per heavy atom. The average molecular weight is 336 g/mol. The highest BCUT2D eigenvalue weighted by molar-refractivity contribution is 5.37. The van der Waals surface area contributed by atoms with Crippen LogP contribution in [0.2, 0.25) is 0 Å². The molecule has 0 bridgehead atoms. The first-order valence-electron chi connectivity index (χ1n) is 7.91. The first-order chi connectivity index (χ1) is 11.7. The van der Waals surface area contributed by atoms with E-state index in [4.69, 9.17) is 0 Å². The van der Waals surface area contributed by atoms with Gasteiger partial charge in [-0.05, 0) is 17.9 Å². The van der Waals surface area contributed by atoms with Gasteiger partial charge >= 0.3 is 11.1 Å². The van der Waals surface area contributed by atoms with Gasteiger partial charge < -0.3 is 0 Å². The van der Waals surface area contributed by atoms with Crippen molar-refractivity contribution in [1.29, 1.82) is 10.5 Å². The number of nitriles is 2. The van der Waals surface area contributed by atoms with Crippen LogP contribution < -0.4 is 11.1 Å². The Morgan fingerprint density at radius 1 is 0.920 bits per heavy atom. The molecule has 0 N–H and O–H groups in total. The van der Waals surface area contributed by atoms with Gasteiger partial charge in [-0.15, -0.1) is 0 Å². The number of aryl methyl sites for hydroxylation is 1. The molecule has 2 rings (SSSR count). The maximum atomic E-state index is 12.6. The van der Waals surface area contributed by atoms with Gasteiger partial charge in [0, 0.05) is 6.54 Å². The standard InChI is InChI=1S/C19H20N4O2/c1-13-5-7-14(8-6-13)11-22-15(9-20)16(10-21)23(12-19(2,3)4)18(25)17(22)24/h5-8H,11-12H2,1-4H3. The second-order valence-corrected chi connectivity index (χ2v) is 7.25. The molecule has 2 aromatic rings. The zero-order valence-electron chi connectivity index (χ0n) is 14.8. The smallest absolute Gasteiger partial charge is 0.292 e. The van der Waals surface area contributed by atoms with Gasteiger partial charge in [0.2, 0.25) is 0 Å². The van der Waals surface area contributed by atoms with Crippen LogP contribution in [0, 0.1) is 35.0 Å². The van der Waals surface area contributed by atoms with Crippen LogP contribution in [-0.2, 0) is 13.1 Å². The third-order valence-electron chi connectivity index (χ3n) is 3.74. The molecule has 0 unspecified atom stereocenters. The first kappa shape index (κ1) is 18.2. The van der Waals surface area contributed by atoms with E-state index in [-0.39, 0.29) is 29.9 Å². The third-order valence-corrected chi connectivity index (χ3v) is 3.74. The van der Waals surface area contributed by atoms with Gasteiger partial charge in [0.25, 0.3) is 0 Å². The molecule has 0 aliphatic rings. The Balaban J connectivity index is 2.70. The van der Waals surface area contributed by atoms with Crippen LogP contribution in [0.15, 0.2) is 33.9 Å². The highest BCUT2D eigenvalue weighted by atomic mass is 16.2. The van der Waals surface area contributed by atoms with E-state index in [2.05, 4.69) is 0 Å². The second-order valence-electron chi connectivity index (χ2n) is 7.25. The van der Waals surface area contributed by atoms with E-state index in [1.165, 1.54) is 0 Å². The average Bonchev–Trinajstić information content (AvgIpc) is 2.55. The molecule has 25 heavy (non-hydrogen) atoms. The lowest BCUT2D eigenvalue weighted by molar-refractivity contribution is 0.333. The van der Waals surface area contributed by atoms with E-state index in [0.717, 1.165) is 20.3 Å². The molecule has 6 heteroatoms. The minimum atomic E-state index is -0.791. The topological polar surface area (TPSA) is 91.6 Å². The predicted octanol–water partition coefficient (Wildman–Crippen LogP) is 2.16. The summed E-state index contributed by atoms with van der Waals surface area (Å²) in [6.45, 7) is 7.88. The van der Waals surface area contributed by atoms with Crippen molar-refractivity contribution in [2.75, 3.05) is 0 Å². The van der Waals surface area contributed by atoms with E-state index in [1.54, 1.807) is 0 Å². The monoisotopic (exact) mass is 336 g/mol. The van der Waals surface area contributed by atoms with Crippen LogP contribution in [0.1, 0.15) is 43.3 Å². The van der Waals surface area contributed by atoms with Crippen molar-refractivity contribution < 1.29 is 0 Å². The van der Waals surface area contributed by atoms with Crippen LogP contribution >= 0.6 is 0 Å². The normalized spacial score (nSPS) is 11.0. The summed E-state index contributed by atoms with van der Waals surface area (Å²) in [5.41, 5.74) is -0.211. The maximum absolute atomic E-state index is 12.6. The van der Waals surface area contributed by atoms with Crippen LogP contribution in [-0.4, -0.2) is 9.13 Å². The van der Waals surface area contributed by atoms with Crippen molar-refractivity contribution in [3.63, 3.8) is 0 Å². The first-order valence-corrected chi connectivity index (χ1v) is 7.91. The SMILES string of the molecule is Cc1ccc(Cn2c(C#N)c(C#N)n(CC(C)(C)C)c(=O)c2=O)cc1. The van der Waals surface area contributed by atoms with Crippen molar-refractivity contribution in [2.45, 2.75) is 40.8 Å². The summed E-state index contributed by atoms with van der Waals surface area (Å²) in [6, 6.07) is 11.3. The highest BCUT2D eigenvalue weighted by Gasteiger charge is 2.22. The fourth-order valence-corrected chi connectivity index (χ4v) is 2.57. The van der Waals surface area contributed by atoms with Crippen molar-refractivity contribution in [3.8, 4) is 12.1 Å². The summed E-state index contributed by atoms with van der Waals surface area (Å²) in [7, 11) is 0. The Kier molecular flexibility index (Phi) is 4.94. The Morgan fingerprint density at radius 2 is 1.40 bits per heavy atom. The van der Waals surface area contributed by atoms with Gasteiger partial charge in [0.05, 0.1) is 6.54 Å². The third kappa shape index (κ3) is 3.87. The van der Waals surface area contributed by atoms with Gasteiger partial charge in [-0.1, -0.05) is 50.6 Å². The molecule has 6 nitrogen and oxygen atoms in total. The summed E-state index contributed by atoms with van der Waals surface area (Å²) in [5, 5.41) is 19.0.